The van der Waals surface area contributed by atoms with Crippen LogP contribution in [0.25, 0.3) is 0 Å². The van der Waals surface area contributed by atoms with Crippen LogP contribution >= 0.6 is 12.2 Å². The molecule has 1 aromatic carbocycles. The van der Waals surface area contributed by atoms with E-state index in [0.717, 1.165) is 17.0 Å². The number of benzene rings is 1. The number of hydrogen-bond donors (Lipinski definition) is 2. The maximum atomic E-state index is 12.6. The van der Waals surface area contributed by atoms with Crippen LogP contribution in [0.3, 0.4) is 0 Å². The minimum atomic E-state index is -0.0693. The van der Waals surface area contributed by atoms with Crippen molar-refractivity contribution >= 4 is 18.1 Å². The van der Waals surface area contributed by atoms with Gasteiger partial charge in [-0.05, 0) is 42.1 Å². The lowest BCUT2D eigenvalue weighted by Gasteiger charge is -2.22. The van der Waals surface area contributed by atoms with Crippen molar-refractivity contribution in [3.05, 3.63) is 46.0 Å². The van der Waals surface area contributed by atoms with E-state index < -0.39 is 0 Å². The molecule has 0 saturated heterocycles. The van der Waals surface area contributed by atoms with Gasteiger partial charge in [0.15, 0.2) is 4.77 Å². The second-order valence-corrected chi connectivity index (χ2v) is 7.75. The first-order valence-electron chi connectivity index (χ1n) is 8.40. The summed E-state index contributed by atoms with van der Waals surface area (Å²) < 4.78 is 2.63. The van der Waals surface area contributed by atoms with Gasteiger partial charge < -0.3 is 9.88 Å². The van der Waals surface area contributed by atoms with Gasteiger partial charge in [-0.15, -0.1) is 0 Å². The molecular formula is C18H24N4OS. The molecule has 0 unspecified atom stereocenters. The fourth-order valence-corrected chi connectivity index (χ4v) is 3.14. The van der Waals surface area contributed by atoms with Gasteiger partial charge in [0.25, 0.3) is 5.91 Å². The van der Waals surface area contributed by atoms with Crippen molar-refractivity contribution in [2.75, 3.05) is 6.54 Å². The van der Waals surface area contributed by atoms with E-state index in [9.17, 15) is 4.79 Å². The summed E-state index contributed by atoms with van der Waals surface area (Å²) in [5, 5.41) is 10.2. The van der Waals surface area contributed by atoms with Crippen LogP contribution in [-0.4, -0.2) is 27.2 Å². The predicted molar refractivity (Wildman–Crippen MR) is 96.9 cm³/mol. The van der Waals surface area contributed by atoms with Crippen LogP contribution in [0.5, 0.6) is 0 Å². The standard InChI is InChI=1S/C18H24N4OS/c1-18(2,3)14-7-5-4-6-13(14)16(23)19-10-11-22-15(12-8-9-12)20-21-17(22)24/h4-7,12H,8-11H2,1-3H3,(H,19,23)(H,21,24). The highest BCUT2D eigenvalue weighted by Crippen LogP contribution is 2.38. The summed E-state index contributed by atoms with van der Waals surface area (Å²) in [5.74, 6) is 1.50. The molecule has 1 aliphatic rings. The Bertz CT molecular complexity index is 796. The topological polar surface area (TPSA) is 62.7 Å². The van der Waals surface area contributed by atoms with Gasteiger partial charge in [-0.1, -0.05) is 39.0 Å². The number of hydrogen-bond acceptors (Lipinski definition) is 3. The second-order valence-electron chi connectivity index (χ2n) is 7.36. The summed E-state index contributed by atoms with van der Waals surface area (Å²) >= 11 is 5.29. The van der Waals surface area contributed by atoms with E-state index in [0.29, 0.717) is 23.8 Å². The van der Waals surface area contributed by atoms with Crippen LogP contribution in [0.15, 0.2) is 24.3 Å². The number of aromatic amines is 1. The Morgan fingerprint density at radius 2 is 2.08 bits per heavy atom. The van der Waals surface area contributed by atoms with Gasteiger partial charge in [0.05, 0.1) is 0 Å². The van der Waals surface area contributed by atoms with E-state index in [2.05, 4.69) is 36.3 Å². The maximum Gasteiger partial charge on any atom is 0.251 e. The third-order valence-electron chi connectivity index (χ3n) is 4.33. The minimum absolute atomic E-state index is 0.0384. The Morgan fingerprint density at radius 3 is 2.75 bits per heavy atom. The van der Waals surface area contributed by atoms with E-state index in [1.54, 1.807) is 0 Å². The lowest BCUT2D eigenvalue weighted by Crippen LogP contribution is -2.30. The molecule has 1 heterocycles. The summed E-state index contributed by atoms with van der Waals surface area (Å²) in [7, 11) is 0. The minimum Gasteiger partial charge on any atom is -0.350 e. The van der Waals surface area contributed by atoms with Gasteiger partial charge in [-0.2, -0.15) is 5.10 Å². The van der Waals surface area contributed by atoms with E-state index >= 15 is 0 Å². The molecule has 128 valence electrons. The predicted octanol–water partition coefficient (Wildman–Crippen LogP) is 3.55. The molecule has 6 heteroatoms. The zero-order chi connectivity index (χ0) is 17.3. The average molecular weight is 344 g/mol. The number of nitrogens with one attached hydrogen (secondary N) is 2. The average Bonchev–Trinajstić information content (AvgIpc) is 3.31. The van der Waals surface area contributed by atoms with Gasteiger partial charge in [-0.25, -0.2) is 0 Å². The summed E-state index contributed by atoms with van der Waals surface area (Å²) in [5.41, 5.74) is 1.73. The van der Waals surface area contributed by atoms with E-state index in [-0.39, 0.29) is 11.3 Å². The first-order valence-corrected chi connectivity index (χ1v) is 8.81. The normalized spacial score (nSPS) is 14.6. The molecular weight excluding hydrogens is 320 g/mol. The lowest BCUT2D eigenvalue weighted by atomic mass is 9.83. The Balaban J connectivity index is 1.67. The van der Waals surface area contributed by atoms with Crippen LogP contribution in [0, 0.1) is 4.77 Å². The number of rotatable bonds is 5. The quantitative estimate of drug-likeness (QED) is 0.816. The zero-order valence-corrected chi connectivity index (χ0v) is 15.2. The number of aromatic nitrogens is 3. The molecule has 0 spiro atoms. The molecule has 2 aromatic rings. The van der Waals surface area contributed by atoms with Crippen molar-refractivity contribution in [1.82, 2.24) is 20.1 Å². The van der Waals surface area contributed by atoms with Crippen molar-refractivity contribution in [3.8, 4) is 0 Å². The molecule has 0 radical (unpaired) electrons. The molecule has 2 N–H and O–H groups in total. The molecule has 0 atom stereocenters. The fraction of sp³-hybridized carbons (Fsp3) is 0.500. The fourth-order valence-electron chi connectivity index (χ4n) is 2.91. The van der Waals surface area contributed by atoms with E-state index in [4.69, 9.17) is 12.2 Å². The maximum absolute atomic E-state index is 12.6. The van der Waals surface area contributed by atoms with Crippen molar-refractivity contribution in [1.29, 1.82) is 0 Å². The molecule has 1 fully saturated rings. The molecule has 24 heavy (non-hydrogen) atoms. The van der Waals surface area contributed by atoms with Gasteiger partial charge in [0.1, 0.15) is 5.82 Å². The summed E-state index contributed by atoms with van der Waals surface area (Å²) in [6.07, 6.45) is 2.34. The molecule has 1 amide bonds. The molecule has 1 aliphatic carbocycles. The number of carbonyl (C=O) groups excluding carboxylic acids is 1. The lowest BCUT2D eigenvalue weighted by molar-refractivity contribution is 0.0950. The van der Waals surface area contributed by atoms with Gasteiger partial charge in [-0.3, -0.25) is 9.89 Å². The SMILES string of the molecule is CC(C)(C)c1ccccc1C(=O)NCCn1c(C2CC2)n[nH]c1=S. The second kappa shape index (κ2) is 6.51. The summed E-state index contributed by atoms with van der Waals surface area (Å²) in [6.45, 7) is 7.53. The van der Waals surface area contributed by atoms with Crippen LogP contribution in [0.2, 0.25) is 0 Å². The first-order chi connectivity index (χ1) is 11.4. The smallest absolute Gasteiger partial charge is 0.251 e. The molecule has 1 saturated carbocycles. The Labute approximate surface area is 147 Å². The first kappa shape index (κ1) is 16.9. The highest BCUT2D eigenvalue weighted by molar-refractivity contribution is 7.71. The molecule has 1 aromatic heterocycles. The van der Waals surface area contributed by atoms with Gasteiger partial charge in [0.2, 0.25) is 0 Å². The molecule has 5 nitrogen and oxygen atoms in total. The van der Waals surface area contributed by atoms with E-state index in [1.807, 2.05) is 28.8 Å². The molecule has 3 rings (SSSR count). The third-order valence-corrected chi connectivity index (χ3v) is 4.64. The summed E-state index contributed by atoms with van der Waals surface area (Å²) in [6, 6.07) is 7.78. The Kier molecular flexibility index (Phi) is 4.58. The Hall–Kier alpha value is -1.95. The number of amides is 1. The Morgan fingerprint density at radius 1 is 1.38 bits per heavy atom. The zero-order valence-electron chi connectivity index (χ0n) is 14.4. The van der Waals surface area contributed by atoms with Crippen LogP contribution < -0.4 is 5.32 Å². The number of nitrogens with zero attached hydrogens (tertiary/aromatic N) is 2. The van der Waals surface area contributed by atoms with Crippen molar-refractivity contribution in [2.24, 2.45) is 0 Å². The van der Waals surface area contributed by atoms with Crippen LogP contribution in [-0.2, 0) is 12.0 Å². The largest absolute Gasteiger partial charge is 0.350 e. The highest BCUT2D eigenvalue weighted by atomic mass is 32.1. The monoisotopic (exact) mass is 344 g/mol. The number of H-pyrrole nitrogens is 1. The number of carbonyl (C=O) groups is 1. The van der Waals surface area contributed by atoms with Crippen molar-refractivity contribution < 1.29 is 4.79 Å². The van der Waals surface area contributed by atoms with Crippen LogP contribution in [0.4, 0.5) is 0 Å². The highest BCUT2D eigenvalue weighted by Gasteiger charge is 2.29. The summed E-state index contributed by atoms with van der Waals surface area (Å²) in [4.78, 5) is 12.6. The van der Waals surface area contributed by atoms with Gasteiger partial charge in [0, 0.05) is 24.6 Å². The molecule has 0 bridgehead atoms. The van der Waals surface area contributed by atoms with Crippen molar-refractivity contribution in [3.63, 3.8) is 0 Å². The van der Waals surface area contributed by atoms with Gasteiger partial charge >= 0.3 is 0 Å². The van der Waals surface area contributed by atoms with Crippen molar-refractivity contribution in [2.45, 2.75) is 51.5 Å². The third kappa shape index (κ3) is 3.59. The molecule has 0 aliphatic heterocycles. The van der Waals surface area contributed by atoms with Crippen LogP contribution in [0.1, 0.15) is 61.3 Å². The van der Waals surface area contributed by atoms with E-state index in [1.165, 1.54) is 12.8 Å².